The quantitative estimate of drug-likeness (QED) is 0.804. The van der Waals surface area contributed by atoms with E-state index in [1.807, 2.05) is 31.2 Å². The molecule has 0 saturated carbocycles. The molecule has 0 aliphatic rings. The smallest absolute Gasteiger partial charge is 0.263 e. The van der Waals surface area contributed by atoms with Crippen molar-refractivity contribution in [2.75, 3.05) is 5.32 Å². The average Bonchev–Trinajstić information content (AvgIpc) is 2.59. The molecule has 0 fully saturated rings. The lowest BCUT2D eigenvalue weighted by Gasteiger charge is -2.09. The van der Waals surface area contributed by atoms with Crippen LogP contribution in [0.4, 0.5) is 5.82 Å². The number of hydrogen-bond donors (Lipinski definition) is 1. The molecular weight excluding hydrogens is 302 g/mol. The number of amides is 1. The first kappa shape index (κ1) is 15.7. The second-order valence-corrected chi connectivity index (χ2v) is 5.51. The highest BCUT2D eigenvalue weighted by Gasteiger charge is 2.13. The Labute approximate surface area is 139 Å². The molecule has 1 N–H and O–H groups in total. The van der Waals surface area contributed by atoms with E-state index in [-0.39, 0.29) is 11.1 Å². The Morgan fingerprint density at radius 3 is 2.58 bits per heavy atom. The lowest BCUT2D eigenvalue weighted by molar-refractivity contribution is 0.102. The predicted molar refractivity (Wildman–Crippen MR) is 93.2 cm³/mol. The SMILES string of the molecule is Cc1ccc(Cn2cccc(C(=O)Nc3ccccn3)c2=O)cc1. The summed E-state index contributed by atoms with van der Waals surface area (Å²) in [5.41, 5.74) is 1.93. The minimum absolute atomic E-state index is 0.0928. The standard InChI is InChI=1S/C19H17N3O2/c1-14-7-9-15(10-8-14)13-22-12-4-5-16(19(22)24)18(23)21-17-6-2-3-11-20-17/h2-12H,13H2,1H3,(H,20,21,23). The van der Waals surface area contributed by atoms with Gasteiger partial charge in [0.15, 0.2) is 0 Å². The fourth-order valence-corrected chi connectivity index (χ4v) is 2.34. The van der Waals surface area contributed by atoms with Crippen molar-refractivity contribution in [1.29, 1.82) is 0 Å². The number of benzene rings is 1. The number of carbonyl (C=O) groups excluding carboxylic acids is 1. The summed E-state index contributed by atoms with van der Waals surface area (Å²) in [6.07, 6.45) is 3.26. The van der Waals surface area contributed by atoms with Crippen LogP contribution in [0, 0.1) is 6.92 Å². The van der Waals surface area contributed by atoms with Gasteiger partial charge in [-0.3, -0.25) is 9.59 Å². The number of carbonyl (C=O) groups is 1. The molecule has 120 valence electrons. The topological polar surface area (TPSA) is 64.0 Å². The normalized spacial score (nSPS) is 10.4. The van der Waals surface area contributed by atoms with Crippen molar-refractivity contribution in [3.63, 3.8) is 0 Å². The molecule has 1 amide bonds. The van der Waals surface area contributed by atoms with E-state index < -0.39 is 5.91 Å². The molecule has 3 rings (SSSR count). The zero-order valence-electron chi connectivity index (χ0n) is 13.3. The Kier molecular flexibility index (Phi) is 4.52. The van der Waals surface area contributed by atoms with E-state index in [4.69, 9.17) is 0 Å². The second kappa shape index (κ2) is 6.91. The maximum absolute atomic E-state index is 12.6. The number of nitrogens with one attached hydrogen (secondary N) is 1. The van der Waals surface area contributed by atoms with E-state index in [0.29, 0.717) is 12.4 Å². The van der Waals surface area contributed by atoms with Crippen LogP contribution in [0.15, 0.2) is 71.8 Å². The number of anilines is 1. The zero-order valence-corrected chi connectivity index (χ0v) is 13.3. The van der Waals surface area contributed by atoms with E-state index in [1.165, 1.54) is 10.6 Å². The number of aryl methyl sites for hydroxylation is 1. The van der Waals surface area contributed by atoms with Gasteiger partial charge in [-0.25, -0.2) is 4.98 Å². The predicted octanol–water partition coefficient (Wildman–Crippen LogP) is 2.85. The Morgan fingerprint density at radius 1 is 1.08 bits per heavy atom. The molecule has 5 nitrogen and oxygen atoms in total. The highest BCUT2D eigenvalue weighted by atomic mass is 16.2. The van der Waals surface area contributed by atoms with Crippen LogP contribution in [-0.4, -0.2) is 15.5 Å². The molecule has 0 aliphatic carbocycles. The van der Waals surface area contributed by atoms with Crippen molar-refractivity contribution in [1.82, 2.24) is 9.55 Å². The summed E-state index contributed by atoms with van der Waals surface area (Å²) in [6, 6.07) is 16.4. The van der Waals surface area contributed by atoms with Gasteiger partial charge in [-0.15, -0.1) is 0 Å². The minimum atomic E-state index is -0.461. The van der Waals surface area contributed by atoms with Crippen molar-refractivity contribution >= 4 is 11.7 Å². The van der Waals surface area contributed by atoms with Crippen LogP contribution in [0.5, 0.6) is 0 Å². The highest BCUT2D eigenvalue weighted by Crippen LogP contribution is 2.06. The lowest BCUT2D eigenvalue weighted by Crippen LogP contribution is -2.29. The lowest BCUT2D eigenvalue weighted by atomic mass is 10.1. The maximum atomic E-state index is 12.6. The summed E-state index contributed by atoms with van der Waals surface area (Å²) in [6.45, 7) is 2.43. The molecule has 24 heavy (non-hydrogen) atoms. The van der Waals surface area contributed by atoms with Crippen LogP contribution in [-0.2, 0) is 6.54 Å². The third kappa shape index (κ3) is 3.57. The van der Waals surface area contributed by atoms with Gasteiger partial charge in [0.05, 0.1) is 6.54 Å². The maximum Gasteiger partial charge on any atom is 0.263 e. The third-order valence-corrected chi connectivity index (χ3v) is 3.64. The van der Waals surface area contributed by atoms with Crippen LogP contribution < -0.4 is 10.9 Å². The Bertz CT molecular complexity index is 900. The highest BCUT2D eigenvalue weighted by molar-refractivity contribution is 6.03. The van der Waals surface area contributed by atoms with Crippen molar-refractivity contribution in [2.24, 2.45) is 0 Å². The summed E-state index contributed by atoms with van der Waals surface area (Å²) in [5, 5.41) is 2.63. The summed E-state index contributed by atoms with van der Waals surface area (Å²) < 4.78 is 1.53. The average molecular weight is 319 g/mol. The van der Waals surface area contributed by atoms with Crippen LogP contribution in [0.25, 0.3) is 0 Å². The summed E-state index contributed by atoms with van der Waals surface area (Å²) in [4.78, 5) is 28.9. The van der Waals surface area contributed by atoms with Crippen molar-refractivity contribution in [2.45, 2.75) is 13.5 Å². The summed E-state index contributed by atoms with van der Waals surface area (Å²) in [7, 11) is 0. The van der Waals surface area contributed by atoms with Crippen molar-refractivity contribution in [3.8, 4) is 0 Å². The van der Waals surface area contributed by atoms with Crippen LogP contribution in [0.1, 0.15) is 21.5 Å². The molecule has 2 aromatic heterocycles. The first-order chi connectivity index (χ1) is 11.6. The third-order valence-electron chi connectivity index (χ3n) is 3.64. The molecule has 2 heterocycles. The van der Waals surface area contributed by atoms with Gasteiger partial charge in [-0.05, 0) is 36.8 Å². The van der Waals surface area contributed by atoms with Gasteiger partial charge in [0.25, 0.3) is 11.5 Å². The molecule has 0 radical (unpaired) electrons. The molecule has 3 aromatic rings. The monoisotopic (exact) mass is 319 g/mol. The van der Waals surface area contributed by atoms with E-state index in [9.17, 15) is 9.59 Å². The number of aromatic nitrogens is 2. The summed E-state index contributed by atoms with van der Waals surface area (Å²) in [5.74, 6) is -0.0483. The van der Waals surface area contributed by atoms with Crippen LogP contribution in [0.2, 0.25) is 0 Å². The molecule has 0 saturated heterocycles. The Balaban J connectivity index is 1.84. The number of pyridine rings is 2. The molecule has 1 aromatic carbocycles. The minimum Gasteiger partial charge on any atom is -0.310 e. The second-order valence-electron chi connectivity index (χ2n) is 5.51. The first-order valence-electron chi connectivity index (χ1n) is 7.61. The van der Waals surface area contributed by atoms with Gasteiger partial charge in [0.1, 0.15) is 11.4 Å². The number of hydrogen-bond acceptors (Lipinski definition) is 3. The van der Waals surface area contributed by atoms with E-state index >= 15 is 0 Å². The van der Waals surface area contributed by atoms with Gasteiger partial charge in [-0.1, -0.05) is 35.9 Å². The first-order valence-corrected chi connectivity index (χ1v) is 7.61. The van der Waals surface area contributed by atoms with Gasteiger partial charge < -0.3 is 9.88 Å². The van der Waals surface area contributed by atoms with Crippen LogP contribution >= 0.6 is 0 Å². The summed E-state index contributed by atoms with van der Waals surface area (Å²) >= 11 is 0. The fourth-order valence-electron chi connectivity index (χ4n) is 2.34. The van der Waals surface area contributed by atoms with Gasteiger partial charge in [0, 0.05) is 12.4 Å². The molecular formula is C19H17N3O2. The zero-order chi connectivity index (χ0) is 16.9. The fraction of sp³-hybridized carbons (Fsp3) is 0.105. The largest absolute Gasteiger partial charge is 0.310 e. The van der Waals surface area contributed by atoms with Crippen molar-refractivity contribution in [3.05, 3.63) is 94.0 Å². The molecule has 0 aliphatic heterocycles. The number of rotatable bonds is 4. The molecule has 0 bridgehead atoms. The van der Waals surface area contributed by atoms with Gasteiger partial charge in [0.2, 0.25) is 0 Å². The van der Waals surface area contributed by atoms with E-state index in [2.05, 4.69) is 10.3 Å². The molecule has 0 spiro atoms. The molecule has 0 atom stereocenters. The van der Waals surface area contributed by atoms with Gasteiger partial charge >= 0.3 is 0 Å². The number of nitrogens with zero attached hydrogens (tertiary/aromatic N) is 2. The Hall–Kier alpha value is -3.21. The molecule has 0 unspecified atom stereocenters. The van der Waals surface area contributed by atoms with E-state index in [1.54, 1.807) is 36.7 Å². The Morgan fingerprint density at radius 2 is 1.88 bits per heavy atom. The van der Waals surface area contributed by atoms with Crippen molar-refractivity contribution < 1.29 is 4.79 Å². The van der Waals surface area contributed by atoms with Crippen LogP contribution in [0.3, 0.4) is 0 Å². The van der Waals surface area contributed by atoms with Gasteiger partial charge in [-0.2, -0.15) is 0 Å². The molecule has 5 heteroatoms. The van der Waals surface area contributed by atoms with E-state index in [0.717, 1.165) is 11.1 Å².